The van der Waals surface area contributed by atoms with Gasteiger partial charge in [-0.2, -0.15) is 0 Å². The Labute approximate surface area is 173 Å². The Morgan fingerprint density at radius 3 is 2.28 bits per heavy atom. The zero-order chi connectivity index (χ0) is 20.9. The molecule has 0 aliphatic carbocycles. The highest BCUT2D eigenvalue weighted by atomic mass is 32.2. The van der Waals surface area contributed by atoms with Crippen molar-refractivity contribution >= 4 is 21.6 Å². The lowest BCUT2D eigenvalue weighted by Crippen LogP contribution is -2.48. The molecule has 0 saturated carbocycles. The van der Waals surface area contributed by atoms with Crippen LogP contribution in [0.1, 0.15) is 5.56 Å². The van der Waals surface area contributed by atoms with Gasteiger partial charge in [-0.3, -0.25) is 14.6 Å². The second kappa shape index (κ2) is 9.49. The van der Waals surface area contributed by atoms with Crippen LogP contribution in [0.3, 0.4) is 0 Å². The van der Waals surface area contributed by atoms with Gasteiger partial charge in [0.25, 0.3) is 0 Å². The minimum atomic E-state index is -3.53. The zero-order valence-corrected chi connectivity index (χ0v) is 17.7. The van der Waals surface area contributed by atoms with E-state index in [1.165, 1.54) is 31.8 Å². The molecule has 8 heteroatoms. The highest BCUT2D eigenvalue weighted by Gasteiger charge is 2.20. The smallest absolute Gasteiger partial charge is 0.242 e. The first-order chi connectivity index (χ1) is 13.8. The molecule has 2 aromatic carbocycles. The Bertz CT molecular complexity index is 924. The number of piperazine rings is 1. The van der Waals surface area contributed by atoms with Gasteiger partial charge in [0.15, 0.2) is 0 Å². The van der Waals surface area contributed by atoms with Gasteiger partial charge in [-0.05, 0) is 23.8 Å². The largest absolute Gasteiger partial charge is 0.325 e. The number of nitrogens with zero attached hydrogens (tertiary/aromatic N) is 3. The van der Waals surface area contributed by atoms with E-state index in [1.807, 2.05) is 6.07 Å². The number of amides is 1. The Morgan fingerprint density at radius 2 is 1.62 bits per heavy atom. The molecule has 1 N–H and O–H groups in total. The molecule has 0 bridgehead atoms. The number of nitrogens with one attached hydrogen (secondary N) is 1. The number of carbonyl (C=O) groups is 1. The second-order valence-corrected chi connectivity index (χ2v) is 9.55. The first-order valence-electron chi connectivity index (χ1n) is 9.66. The van der Waals surface area contributed by atoms with E-state index in [4.69, 9.17) is 0 Å². The fraction of sp³-hybridized carbons (Fsp3) is 0.381. The van der Waals surface area contributed by atoms with E-state index in [-0.39, 0.29) is 10.8 Å². The van der Waals surface area contributed by atoms with E-state index in [0.29, 0.717) is 12.2 Å². The van der Waals surface area contributed by atoms with E-state index < -0.39 is 10.0 Å². The molecular weight excluding hydrogens is 388 g/mol. The van der Waals surface area contributed by atoms with Crippen molar-refractivity contribution < 1.29 is 13.2 Å². The highest BCUT2D eigenvalue weighted by molar-refractivity contribution is 7.89. The summed E-state index contributed by atoms with van der Waals surface area (Å²) in [7, 11) is -0.560. The van der Waals surface area contributed by atoms with Gasteiger partial charge in [-0.1, -0.05) is 36.4 Å². The zero-order valence-electron chi connectivity index (χ0n) is 16.9. The number of anilines is 1. The van der Waals surface area contributed by atoms with E-state index in [1.54, 1.807) is 12.1 Å². The maximum Gasteiger partial charge on any atom is 0.242 e. The number of benzene rings is 2. The molecule has 1 heterocycles. The van der Waals surface area contributed by atoms with E-state index in [2.05, 4.69) is 39.4 Å². The molecule has 0 radical (unpaired) electrons. The van der Waals surface area contributed by atoms with Gasteiger partial charge in [0.2, 0.25) is 15.9 Å². The molecule has 1 aliphatic rings. The van der Waals surface area contributed by atoms with Gasteiger partial charge in [0.1, 0.15) is 0 Å². The molecule has 1 fully saturated rings. The van der Waals surface area contributed by atoms with Crippen LogP contribution in [0.5, 0.6) is 0 Å². The third-order valence-electron chi connectivity index (χ3n) is 4.98. The third-order valence-corrected chi connectivity index (χ3v) is 6.79. The fourth-order valence-electron chi connectivity index (χ4n) is 3.30. The van der Waals surface area contributed by atoms with Crippen LogP contribution in [0.25, 0.3) is 0 Å². The Hall–Kier alpha value is -2.26. The summed E-state index contributed by atoms with van der Waals surface area (Å²) in [6.45, 7) is 4.71. The molecule has 0 spiro atoms. The molecule has 7 nitrogen and oxygen atoms in total. The number of rotatable bonds is 7. The summed E-state index contributed by atoms with van der Waals surface area (Å²) in [4.78, 5) is 17.1. The summed E-state index contributed by atoms with van der Waals surface area (Å²) in [5.41, 5.74) is 1.78. The van der Waals surface area contributed by atoms with Crippen molar-refractivity contribution in [1.82, 2.24) is 14.1 Å². The van der Waals surface area contributed by atoms with Gasteiger partial charge in [-0.15, -0.1) is 0 Å². The molecule has 3 rings (SSSR count). The molecule has 1 amide bonds. The molecule has 0 aromatic heterocycles. The standard InChI is InChI=1S/C21H28N4O3S/c1-23(2)29(27,28)20-10-6-9-19(15-20)22-21(26)17-25-13-11-24(12-14-25)16-18-7-4-3-5-8-18/h3-10,15H,11-14,16-17H2,1-2H3,(H,22,26). The van der Waals surface area contributed by atoms with Crippen molar-refractivity contribution in [3.8, 4) is 0 Å². The van der Waals surface area contributed by atoms with Crippen molar-refractivity contribution in [3.63, 3.8) is 0 Å². The van der Waals surface area contributed by atoms with Crippen LogP contribution in [0, 0.1) is 0 Å². The number of carbonyl (C=O) groups excluding carboxylic acids is 1. The van der Waals surface area contributed by atoms with Crippen LogP contribution in [0.2, 0.25) is 0 Å². The molecule has 0 unspecified atom stereocenters. The van der Waals surface area contributed by atoms with Crippen LogP contribution >= 0.6 is 0 Å². The average molecular weight is 417 g/mol. The second-order valence-electron chi connectivity index (χ2n) is 7.40. The maximum atomic E-state index is 12.4. The van der Waals surface area contributed by atoms with E-state index in [0.717, 1.165) is 37.0 Å². The molecule has 1 aliphatic heterocycles. The lowest BCUT2D eigenvalue weighted by Gasteiger charge is -2.34. The van der Waals surface area contributed by atoms with Crippen LogP contribution in [0.4, 0.5) is 5.69 Å². The predicted molar refractivity (Wildman–Crippen MR) is 114 cm³/mol. The summed E-state index contributed by atoms with van der Waals surface area (Å²) in [5, 5.41) is 2.81. The first kappa shape index (κ1) is 21.4. The van der Waals surface area contributed by atoms with Crippen molar-refractivity contribution in [2.24, 2.45) is 0 Å². The van der Waals surface area contributed by atoms with E-state index >= 15 is 0 Å². The highest BCUT2D eigenvalue weighted by Crippen LogP contribution is 2.18. The van der Waals surface area contributed by atoms with Gasteiger partial charge in [-0.25, -0.2) is 12.7 Å². The maximum absolute atomic E-state index is 12.4. The normalized spacial score (nSPS) is 16.1. The molecular formula is C21H28N4O3S. The summed E-state index contributed by atoms with van der Waals surface area (Å²) in [5.74, 6) is -0.138. The van der Waals surface area contributed by atoms with Gasteiger partial charge in [0, 0.05) is 52.5 Å². The van der Waals surface area contributed by atoms with Crippen molar-refractivity contribution in [1.29, 1.82) is 0 Å². The first-order valence-corrected chi connectivity index (χ1v) is 11.1. The van der Waals surface area contributed by atoms with Gasteiger partial charge < -0.3 is 5.32 Å². The summed E-state index contributed by atoms with van der Waals surface area (Å²) in [6, 6.07) is 16.7. The van der Waals surface area contributed by atoms with Crippen LogP contribution < -0.4 is 5.32 Å². The molecule has 1 saturated heterocycles. The third kappa shape index (κ3) is 5.86. The topological polar surface area (TPSA) is 73.0 Å². The van der Waals surface area contributed by atoms with Gasteiger partial charge >= 0.3 is 0 Å². The summed E-state index contributed by atoms with van der Waals surface area (Å²) < 4.78 is 25.7. The van der Waals surface area contributed by atoms with Crippen LogP contribution in [-0.2, 0) is 21.4 Å². The minimum Gasteiger partial charge on any atom is -0.325 e. The Kier molecular flexibility index (Phi) is 7.02. The van der Waals surface area contributed by atoms with Crippen molar-refractivity contribution in [2.45, 2.75) is 11.4 Å². The summed E-state index contributed by atoms with van der Waals surface area (Å²) >= 11 is 0. The van der Waals surface area contributed by atoms with Gasteiger partial charge in [0.05, 0.1) is 11.4 Å². The predicted octanol–water partition coefficient (Wildman–Crippen LogP) is 1.69. The number of sulfonamides is 1. The lowest BCUT2D eigenvalue weighted by molar-refractivity contribution is -0.117. The Balaban J connectivity index is 1.49. The van der Waals surface area contributed by atoms with Crippen LogP contribution in [-0.4, -0.2) is 75.2 Å². The van der Waals surface area contributed by atoms with E-state index in [9.17, 15) is 13.2 Å². The average Bonchev–Trinajstić information content (AvgIpc) is 2.70. The monoisotopic (exact) mass is 416 g/mol. The van der Waals surface area contributed by atoms with Crippen LogP contribution in [0.15, 0.2) is 59.5 Å². The summed E-state index contributed by atoms with van der Waals surface area (Å²) in [6.07, 6.45) is 0. The molecule has 29 heavy (non-hydrogen) atoms. The van der Waals surface area contributed by atoms with Crippen molar-refractivity contribution in [2.75, 3.05) is 52.1 Å². The molecule has 156 valence electrons. The van der Waals surface area contributed by atoms with Crippen molar-refractivity contribution in [3.05, 3.63) is 60.2 Å². The minimum absolute atomic E-state index is 0.138. The molecule has 2 aromatic rings. The quantitative estimate of drug-likeness (QED) is 0.744. The SMILES string of the molecule is CN(C)S(=O)(=O)c1cccc(NC(=O)CN2CCN(Cc3ccccc3)CC2)c1. The fourth-order valence-corrected chi connectivity index (χ4v) is 4.24. The number of hydrogen-bond donors (Lipinski definition) is 1. The number of hydrogen-bond acceptors (Lipinski definition) is 5. The molecule has 0 atom stereocenters. The lowest BCUT2D eigenvalue weighted by atomic mass is 10.2. The Morgan fingerprint density at radius 1 is 0.966 bits per heavy atom.